The van der Waals surface area contributed by atoms with E-state index in [-0.39, 0.29) is 16.9 Å². The van der Waals surface area contributed by atoms with Crippen LogP contribution in [0.25, 0.3) is 0 Å². The van der Waals surface area contributed by atoms with Gasteiger partial charge in [0.2, 0.25) is 0 Å². The van der Waals surface area contributed by atoms with Gasteiger partial charge in [-0.15, -0.1) is 0 Å². The molecule has 1 N–H and O–H groups in total. The van der Waals surface area contributed by atoms with Gasteiger partial charge in [-0.2, -0.15) is 12.7 Å². The van der Waals surface area contributed by atoms with E-state index in [0.717, 1.165) is 48.5 Å². The minimum absolute atomic E-state index is 0.0676. The van der Waals surface area contributed by atoms with E-state index in [2.05, 4.69) is 0 Å². The summed E-state index contributed by atoms with van der Waals surface area (Å²) in [6, 6.07) is 2.14. The van der Waals surface area contributed by atoms with Crippen LogP contribution in [0.3, 0.4) is 0 Å². The highest BCUT2D eigenvalue weighted by molar-refractivity contribution is 7.87. The fourth-order valence-corrected chi connectivity index (χ4v) is 3.97. The maximum Gasteiger partial charge on any atom is 0.303 e. The number of nitrogens with zero attached hydrogens (tertiary/aromatic N) is 1. The first kappa shape index (κ1) is 21.9. The summed E-state index contributed by atoms with van der Waals surface area (Å²) in [4.78, 5) is 12.1. The summed E-state index contributed by atoms with van der Waals surface area (Å²) < 4.78 is 46.5. The Balaban J connectivity index is 2.19. The van der Waals surface area contributed by atoms with Crippen LogP contribution in [-0.2, 0) is 10.2 Å². The predicted octanol–water partition coefficient (Wildman–Crippen LogP) is 3.75. The summed E-state index contributed by atoms with van der Waals surface area (Å²) in [6.45, 7) is 2.01. The summed E-state index contributed by atoms with van der Waals surface area (Å²) in [5.74, 6) is -1.41. The second-order valence-electron chi connectivity index (χ2n) is 6.94. The molecule has 0 aromatic heterocycles. The first-order valence-corrected chi connectivity index (χ1v) is 10.9. The number of hydrogen-bond donors (Lipinski definition) is 1. The van der Waals surface area contributed by atoms with E-state index in [9.17, 15) is 17.6 Å². The summed E-state index contributed by atoms with van der Waals surface area (Å²) in [5, 5.41) is 0.0676. The van der Waals surface area contributed by atoms with Crippen LogP contribution in [0.15, 0.2) is 12.1 Å². The SMILES string of the molecule is CCC(Oc1cc(F)c(C(=O)NS(=O)(=O)N(C)C)cc1Cl)C1CCCCC1. The Morgan fingerprint density at radius 2 is 1.96 bits per heavy atom. The topological polar surface area (TPSA) is 75.7 Å². The molecule has 0 heterocycles. The quantitative estimate of drug-likeness (QED) is 0.728. The van der Waals surface area contributed by atoms with Crippen molar-refractivity contribution in [1.82, 2.24) is 9.03 Å². The molecule has 1 aliphatic carbocycles. The average Bonchev–Trinajstić information content (AvgIpc) is 2.62. The average molecular weight is 421 g/mol. The lowest BCUT2D eigenvalue weighted by atomic mass is 9.84. The second-order valence-corrected chi connectivity index (χ2v) is 9.24. The zero-order valence-corrected chi connectivity index (χ0v) is 17.4. The van der Waals surface area contributed by atoms with Crippen LogP contribution in [0, 0.1) is 11.7 Å². The molecule has 152 valence electrons. The molecule has 9 heteroatoms. The molecule has 0 spiro atoms. The lowest BCUT2D eigenvalue weighted by Gasteiger charge is -2.30. The molecule has 1 aromatic carbocycles. The minimum atomic E-state index is -4.03. The van der Waals surface area contributed by atoms with E-state index in [1.54, 1.807) is 4.72 Å². The number of ether oxygens (including phenoxy) is 1. The van der Waals surface area contributed by atoms with E-state index >= 15 is 0 Å². The van der Waals surface area contributed by atoms with Crippen LogP contribution in [0.5, 0.6) is 5.75 Å². The Morgan fingerprint density at radius 3 is 2.52 bits per heavy atom. The van der Waals surface area contributed by atoms with Crippen LogP contribution < -0.4 is 9.46 Å². The molecular weight excluding hydrogens is 395 g/mol. The van der Waals surface area contributed by atoms with E-state index < -0.39 is 27.5 Å². The largest absolute Gasteiger partial charge is 0.488 e. The second kappa shape index (κ2) is 9.21. The van der Waals surface area contributed by atoms with Gasteiger partial charge in [0, 0.05) is 20.2 Å². The van der Waals surface area contributed by atoms with E-state index in [0.29, 0.717) is 5.92 Å². The van der Waals surface area contributed by atoms with Gasteiger partial charge < -0.3 is 4.74 Å². The molecule has 1 aliphatic rings. The van der Waals surface area contributed by atoms with Crippen molar-refractivity contribution >= 4 is 27.7 Å². The normalized spacial score (nSPS) is 17.0. The van der Waals surface area contributed by atoms with Crippen molar-refractivity contribution in [2.24, 2.45) is 5.92 Å². The molecule has 2 rings (SSSR count). The number of carbonyl (C=O) groups is 1. The molecule has 0 aliphatic heterocycles. The molecule has 1 saturated carbocycles. The Bertz CT molecular complexity index is 780. The van der Waals surface area contributed by atoms with Crippen molar-refractivity contribution in [1.29, 1.82) is 0 Å². The fraction of sp³-hybridized carbons (Fsp3) is 0.611. The third-order valence-corrected chi connectivity index (χ3v) is 6.53. The molecule has 1 unspecified atom stereocenters. The maximum atomic E-state index is 14.4. The van der Waals surface area contributed by atoms with Crippen LogP contribution in [0.4, 0.5) is 4.39 Å². The molecule has 0 saturated heterocycles. The summed E-state index contributed by atoms with van der Waals surface area (Å²) in [7, 11) is -1.52. The zero-order valence-electron chi connectivity index (χ0n) is 15.8. The highest BCUT2D eigenvalue weighted by atomic mass is 35.5. The van der Waals surface area contributed by atoms with Gasteiger partial charge in [-0.25, -0.2) is 9.11 Å². The van der Waals surface area contributed by atoms with Crippen molar-refractivity contribution in [3.05, 3.63) is 28.5 Å². The van der Waals surface area contributed by atoms with Gasteiger partial charge >= 0.3 is 10.2 Å². The zero-order chi connectivity index (χ0) is 20.2. The van der Waals surface area contributed by atoms with Crippen molar-refractivity contribution in [3.8, 4) is 5.75 Å². The number of nitrogens with one attached hydrogen (secondary N) is 1. The Kier molecular flexibility index (Phi) is 7.47. The lowest BCUT2D eigenvalue weighted by Crippen LogP contribution is -2.39. The first-order valence-electron chi connectivity index (χ1n) is 9.06. The number of halogens is 2. The van der Waals surface area contributed by atoms with Crippen LogP contribution in [-0.4, -0.2) is 38.8 Å². The third kappa shape index (κ3) is 5.56. The molecule has 0 bridgehead atoms. The van der Waals surface area contributed by atoms with E-state index in [1.165, 1.54) is 20.5 Å². The Morgan fingerprint density at radius 1 is 1.33 bits per heavy atom. The highest BCUT2D eigenvalue weighted by Gasteiger charge is 2.26. The van der Waals surface area contributed by atoms with Gasteiger partial charge in [0.25, 0.3) is 5.91 Å². The molecule has 1 atom stereocenters. The molecule has 0 radical (unpaired) electrons. The Hall–Kier alpha value is -1.38. The highest BCUT2D eigenvalue weighted by Crippen LogP contribution is 2.34. The molecule has 6 nitrogen and oxygen atoms in total. The van der Waals surface area contributed by atoms with Crippen LogP contribution in [0.2, 0.25) is 5.02 Å². The van der Waals surface area contributed by atoms with Crippen molar-refractivity contribution in [2.45, 2.75) is 51.6 Å². The van der Waals surface area contributed by atoms with Crippen molar-refractivity contribution < 1.29 is 22.3 Å². The number of carbonyl (C=O) groups excluding carboxylic acids is 1. The minimum Gasteiger partial charge on any atom is -0.488 e. The van der Waals surface area contributed by atoms with Gasteiger partial charge in [0.1, 0.15) is 17.7 Å². The van der Waals surface area contributed by atoms with Gasteiger partial charge in [0.15, 0.2) is 0 Å². The van der Waals surface area contributed by atoms with Gasteiger partial charge in [0.05, 0.1) is 10.6 Å². The monoisotopic (exact) mass is 420 g/mol. The first-order chi connectivity index (χ1) is 12.7. The molecular formula is C18H26ClFN2O4S. The third-order valence-electron chi connectivity index (χ3n) is 4.82. The van der Waals surface area contributed by atoms with Crippen molar-refractivity contribution in [3.63, 3.8) is 0 Å². The molecule has 1 amide bonds. The van der Waals surface area contributed by atoms with Crippen LogP contribution >= 0.6 is 11.6 Å². The fourth-order valence-electron chi connectivity index (χ4n) is 3.24. The Labute approximate surface area is 165 Å². The van der Waals surface area contributed by atoms with E-state index in [1.807, 2.05) is 6.92 Å². The smallest absolute Gasteiger partial charge is 0.303 e. The summed E-state index contributed by atoms with van der Waals surface area (Å²) in [5.41, 5.74) is -0.455. The number of amides is 1. The van der Waals surface area contributed by atoms with E-state index in [4.69, 9.17) is 16.3 Å². The number of rotatable bonds is 7. The lowest BCUT2D eigenvalue weighted by molar-refractivity contribution is 0.0973. The summed E-state index contributed by atoms with van der Waals surface area (Å²) in [6.07, 6.45) is 6.38. The standard InChI is InChI=1S/C18H26ClFN2O4S/c1-4-16(12-8-6-5-7-9-12)26-17-11-15(20)13(10-14(17)19)18(23)21-27(24,25)22(2)3/h10-12,16H,4-9H2,1-3H3,(H,21,23). The van der Waals surface area contributed by atoms with Gasteiger partial charge in [-0.05, 0) is 31.2 Å². The van der Waals surface area contributed by atoms with Gasteiger partial charge in [-0.3, -0.25) is 4.79 Å². The summed E-state index contributed by atoms with van der Waals surface area (Å²) >= 11 is 6.19. The molecule has 1 fully saturated rings. The molecule has 1 aromatic rings. The maximum absolute atomic E-state index is 14.4. The predicted molar refractivity (Wildman–Crippen MR) is 103 cm³/mol. The van der Waals surface area contributed by atoms with Crippen molar-refractivity contribution in [2.75, 3.05) is 14.1 Å². The number of benzene rings is 1. The van der Waals surface area contributed by atoms with Gasteiger partial charge in [-0.1, -0.05) is 37.8 Å². The molecule has 27 heavy (non-hydrogen) atoms. The number of hydrogen-bond acceptors (Lipinski definition) is 4. The van der Waals surface area contributed by atoms with Crippen LogP contribution in [0.1, 0.15) is 55.8 Å².